The van der Waals surface area contributed by atoms with Crippen molar-refractivity contribution in [2.45, 2.75) is 18.4 Å². The molecule has 0 aliphatic heterocycles. The van der Waals surface area contributed by atoms with Crippen molar-refractivity contribution in [3.8, 4) is 0 Å². The summed E-state index contributed by atoms with van der Waals surface area (Å²) in [6.07, 6.45) is 8.61. The quantitative estimate of drug-likeness (QED) is 0.496. The minimum Gasteiger partial charge on any atom is -0.372 e. The van der Waals surface area contributed by atoms with Crippen molar-refractivity contribution in [1.82, 2.24) is 5.43 Å². The van der Waals surface area contributed by atoms with E-state index in [2.05, 4.69) is 22.7 Å². The number of hydrazone groups is 1. The summed E-state index contributed by atoms with van der Waals surface area (Å²) in [5.74, 6) is 0.997. The van der Waals surface area contributed by atoms with Crippen LogP contribution in [0, 0.1) is 17.8 Å². The number of nitrogens with zero attached hydrogens (tertiary/aromatic N) is 1. The molecule has 1 saturated carbocycles. The molecule has 2 N–H and O–H groups in total. The SMILES string of the molecule is O=C(NN=C[C@@H]1C[C@H]2C=C[C@H]1C2)C(O)(c1ccccc1)c1ccccc1. The number of benzene rings is 2. The summed E-state index contributed by atoms with van der Waals surface area (Å²) in [6, 6.07) is 17.9. The molecule has 4 rings (SSSR count). The van der Waals surface area contributed by atoms with Crippen molar-refractivity contribution < 1.29 is 9.90 Å². The van der Waals surface area contributed by atoms with Gasteiger partial charge in [0.1, 0.15) is 0 Å². The lowest BCUT2D eigenvalue weighted by Gasteiger charge is -2.27. The minimum absolute atomic E-state index is 0.367. The fraction of sp³-hybridized carbons (Fsp3) is 0.273. The zero-order valence-corrected chi connectivity index (χ0v) is 14.5. The van der Waals surface area contributed by atoms with Crippen molar-refractivity contribution in [3.63, 3.8) is 0 Å². The molecule has 0 unspecified atom stereocenters. The lowest BCUT2D eigenvalue weighted by Crippen LogP contribution is -2.43. The van der Waals surface area contributed by atoms with Gasteiger partial charge in [-0.05, 0) is 35.8 Å². The third-order valence-corrected chi connectivity index (χ3v) is 5.47. The van der Waals surface area contributed by atoms with Crippen molar-refractivity contribution in [2.75, 3.05) is 0 Å². The molecule has 1 fully saturated rings. The molecule has 132 valence electrons. The number of carbonyl (C=O) groups excluding carboxylic acids is 1. The maximum Gasteiger partial charge on any atom is 0.281 e. The third-order valence-electron chi connectivity index (χ3n) is 5.47. The Bertz CT molecular complexity index is 790. The maximum atomic E-state index is 12.9. The number of hydrogen-bond donors (Lipinski definition) is 2. The van der Waals surface area contributed by atoms with Crippen molar-refractivity contribution >= 4 is 12.1 Å². The fourth-order valence-electron chi connectivity index (χ4n) is 4.05. The second-order valence-electron chi connectivity index (χ2n) is 7.11. The monoisotopic (exact) mass is 346 g/mol. The van der Waals surface area contributed by atoms with Crippen LogP contribution in [0.1, 0.15) is 24.0 Å². The van der Waals surface area contributed by atoms with Crippen LogP contribution in [-0.2, 0) is 10.4 Å². The average molecular weight is 346 g/mol. The summed E-state index contributed by atoms with van der Waals surface area (Å²) in [7, 11) is 0. The zero-order valence-electron chi connectivity index (χ0n) is 14.5. The van der Waals surface area contributed by atoms with E-state index in [1.807, 2.05) is 18.3 Å². The van der Waals surface area contributed by atoms with Crippen molar-refractivity contribution in [2.24, 2.45) is 22.9 Å². The van der Waals surface area contributed by atoms with Gasteiger partial charge in [0, 0.05) is 12.1 Å². The Morgan fingerprint density at radius 2 is 1.62 bits per heavy atom. The highest BCUT2D eigenvalue weighted by Crippen LogP contribution is 2.42. The van der Waals surface area contributed by atoms with Gasteiger partial charge in [0.15, 0.2) is 5.60 Å². The van der Waals surface area contributed by atoms with Crippen LogP contribution in [0.15, 0.2) is 77.9 Å². The number of fused-ring (bicyclic) bond motifs is 2. The molecule has 4 heteroatoms. The first-order valence-corrected chi connectivity index (χ1v) is 9.03. The van der Waals surface area contributed by atoms with Crippen LogP contribution >= 0.6 is 0 Å². The highest BCUT2D eigenvalue weighted by Gasteiger charge is 2.40. The van der Waals surface area contributed by atoms with Crippen molar-refractivity contribution in [1.29, 1.82) is 0 Å². The molecular weight excluding hydrogens is 324 g/mol. The Hall–Kier alpha value is -2.72. The summed E-state index contributed by atoms with van der Waals surface area (Å²) < 4.78 is 0. The number of nitrogens with one attached hydrogen (secondary N) is 1. The van der Waals surface area contributed by atoms with Gasteiger partial charge in [-0.15, -0.1) is 0 Å². The first kappa shape index (κ1) is 16.7. The predicted octanol–water partition coefficient (Wildman–Crippen LogP) is 3.24. The molecule has 2 aliphatic carbocycles. The molecular formula is C22H22N2O2. The number of aliphatic hydroxyl groups is 1. The summed E-state index contributed by atoms with van der Waals surface area (Å²) in [5.41, 5.74) is 1.81. The lowest BCUT2D eigenvalue weighted by molar-refractivity contribution is -0.136. The van der Waals surface area contributed by atoms with Crippen LogP contribution < -0.4 is 5.43 Å². The molecule has 0 spiro atoms. The molecule has 2 aromatic rings. The topological polar surface area (TPSA) is 61.7 Å². The van der Waals surface area contributed by atoms with Gasteiger partial charge in [0.05, 0.1) is 0 Å². The van der Waals surface area contributed by atoms with Crippen molar-refractivity contribution in [3.05, 3.63) is 83.9 Å². The Morgan fingerprint density at radius 1 is 1.00 bits per heavy atom. The Balaban J connectivity index is 1.56. The Morgan fingerprint density at radius 3 is 2.12 bits per heavy atom. The van der Waals surface area contributed by atoms with E-state index < -0.39 is 11.5 Å². The van der Waals surface area contributed by atoms with E-state index in [-0.39, 0.29) is 0 Å². The third kappa shape index (κ3) is 2.97. The van der Waals surface area contributed by atoms with Gasteiger partial charge in [-0.25, -0.2) is 5.43 Å². The molecule has 26 heavy (non-hydrogen) atoms. The molecule has 0 aromatic heterocycles. The number of amides is 1. The second kappa shape index (κ2) is 6.89. The minimum atomic E-state index is -1.78. The molecule has 2 aromatic carbocycles. The van der Waals surface area contributed by atoms with Gasteiger partial charge in [-0.1, -0.05) is 72.8 Å². The molecule has 2 aliphatic rings. The number of hydrogen-bond acceptors (Lipinski definition) is 3. The van der Waals surface area contributed by atoms with E-state index in [0.29, 0.717) is 28.9 Å². The average Bonchev–Trinajstić information content (AvgIpc) is 3.32. The van der Waals surface area contributed by atoms with Gasteiger partial charge in [-0.2, -0.15) is 5.10 Å². The van der Waals surface area contributed by atoms with Gasteiger partial charge < -0.3 is 5.11 Å². The molecule has 0 radical (unpaired) electrons. The van der Waals surface area contributed by atoms with E-state index in [4.69, 9.17) is 0 Å². The summed E-state index contributed by atoms with van der Waals surface area (Å²) in [5, 5.41) is 15.5. The van der Waals surface area contributed by atoms with Crippen LogP contribution in [0.4, 0.5) is 0 Å². The van der Waals surface area contributed by atoms with Crippen LogP contribution in [-0.4, -0.2) is 17.2 Å². The highest BCUT2D eigenvalue weighted by atomic mass is 16.3. The Labute approximate surface area is 153 Å². The predicted molar refractivity (Wildman–Crippen MR) is 101 cm³/mol. The molecule has 3 atom stereocenters. The van der Waals surface area contributed by atoms with E-state index in [1.54, 1.807) is 48.5 Å². The van der Waals surface area contributed by atoms with Gasteiger partial charge in [0.2, 0.25) is 0 Å². The number of carbonyl (C=O) groups is 1. The molecule has 4 nitrogen and oxygen atoms in total. The first-order valence-electron chi connectivity index (χ1n) is 9.03. The number of rotatable bonds is 5. The van der Waals surface area contributed by atoms with Crippen LogP contribution in [0.25, 0.3) is 0 Å². The van der Waals surface area contributed by atoms with Gasteiger partial charge in [0.25, 0.3) is 5.91 Å². The normalized spacial score (nSPS) is 24.3. The maximum absolute atomic E-state index is 12.9. The van der Waals surface area contributed by atoms with Crippen LogP contribution in [0.3, 0.4) is 0 Å². The van der Waals surface area contributed by atoms with Crippen LogP contribution in [0.2, 0.25) is 0 Å². The summed E-state index contributed by atoms with van der Waals surface area (Å²) >= 11 is 0. The largest absolute Gasteiger partial charge is 0.372 e. The summed E-state index contributed by atoms with van der Waals surface area (Å²) in [4.78, 5) is 12.9. The second-order valence-corrected chi connectivity index (χ2v) is 7.11. The first-order chi connectivity index (χ1) is 12.7. The van der Waals surface area contributed by atoms with E-state index in [9.17, 15) is 9.90 Å². The molecule has 1 amide bonds. The van der Waals surface area contributed by atoms with Gasteiger partial charge >= 0.3 is 0 Å². The highest BCUT2D eigenvalue weighted by molar-refractivity contribution is 5.90. The standard InChI is InChI=1S/C22H22N2O2/c25-21(24-23-15-18-14-16-11-12-17(18)13-16)22(26,19-7-3-1-4-8-19)20-9-5-2-6-10-20/h1-12,15-18,26H,13-14H2,(H,24,25)/t16-,17-,18-/m0/s1. The van der Waals surface area contributed by atoms with E-state index in [0.717, 1.165) is 6.42 Å². The fourth-order valence-corrected chi connectivity index (χ4v) is 4.05. The van der Waals surface area contributed by atoms with E-state index >= 15 is 0 Å². The van der Waals surface area contributed by atoms with Crippen LogP contribution in [0.5, 0.6) is 0 Å². The lowest BCUT2D eigenvalue weighted by atomic mass is 9.85. The van der Waals surface area contributed by atoms with E-state index in [1.165, 1.54) is 6.42 Å². The summed E-state index contributed by atoms with van der Waals surface area (Å²) in [6.45, 7) is 0. The molecule has 2 bridgehead atoms. The van der Waals surface area contributed by atoms with Gasteiger partial charge in [-0.3, -0.25) is 4.79 Å². The molecule has 0 heterocycles. The Kier molecular flexibility index (Phi) is 4.43. The smallest absolute Gasteiger partial charge is 0.281 e. The number of allylic oxidation sites excluding steroid dienone is 2. The molecule has 0 saturated heterocycles. The zero-order chi connectivity index (χ0) is 18.0.